The minimum atomic E-state index is -0.0558. The highest BCUT2D eigenvalue weighted by molar-refractivity contribution is 6.31. The molecule has 0 aliphatic carbocycles. The summed E-state index contributed by atoms with van der Waals surface area (Å²) in [7, 11) is 5.86. The number of nitrogens with zero attached hydrogens (tertiary/aromatic N) is 3. The van der Waals surface area contributed by atoms with Gasteiger partial charge in [0.05, 0.1) is 11.0 Å². The quantitative estimate of drug-likeness (QED) is 0.805. The van der Waals surface area contributed by atoms with Crippen LogP contribution >= 0.6 is 11.6 Å². The molecule has 0 saturated heterocycles. The van der Waals surface area contributed by atoms with Crippen molar-refractivity contribution in [2.45, 2.75) is 13.3 Å². The van der Waals surface area contributed by atoms with Crippen LogP contribution in [0.1, 0.15) is 12.7 Å². The zero-order chi connectivity index (χ0) is 17.7. The Bertz CT molecular complexity index is 685. The highest BCUT2D eigenvalue weighted by Crippen LogP contribution is 2.17. The van der Waals surface area contributed by atoms with Crippen molar-refractivity contribution >= 4 is 28.7 Å². The molecule has 0 fully saturated rings. The van der Waals surface area contributed by atoms with Gasteiger partial charge in [-0.3, -0.25) is 0 Å². The van der Waals surface area contributed by atoms with Crippen LogP contribution in [-0.4, -0.2) is 66.6 Å². The maximum absolute atomic E-state index is 12.1. The van der Waals surface area contributed by atoms with Crippen LogP contribution in [0.4, 0.5) is 4.79 Å². The molecular formula is C17H26ClN5O. The molecule has 1 aromatic heterocycles. The number of aromatic nitrogens is 2. The van der Waals surface area contributed by atoms with Gasteiger partial charge in [-0.1, -0.05) is 18.5 Å². The fourth-order valence-corrected chi connectivity index (χ4v) is 2.78. The number of halogens is 1. The highest BCUT2D eigenvalue weighted by Gasteiger charge is 2.12. The van der Waals surface area contributed by atoms with Crippen molar-refractivity contribution in [3.63, 3.8) is 0 Å². The Morgan fingerprint density at radius 2 is 2.12 bits per heavy atom. The summed E-state index contributed by atoms with van der Waals surface area (Å²) in [6.45, 7) is 4.34. The van der Waals surface area contributed by atoms with Gasteiger partial charge in [0.15, 0.2) is 0 Å². The molecule has 0 radical (unpaired) electrons. The summed E-state index contributed by atoms with van der Waals surface area (Å²) >= 11 is 5.98. The largest absolute Gasteiger partial charge is 0.342 e. The molecule has 6 nitrogen and oxygen atoms in total. The number of hydrogen-bond donors (Lipinski definition) is 2. The monoisotopic (exact) mass is 351 g/mol. The first kappa shape index (κ1) is 18.5. The molecule has 1 atom stereocenters. The molecule has 2 N–H and O–H groups in total. The third-order valence-corrected chi connectivity index (χ3v) is 4.04. The molecule has 0 aliphatic rings. The van der Waals surface area contributed by atoms with E-state index in [9.17, 15) is 4.79 Å². The molecule has 0 spiro atoms. The number of benzene rings is 1. The molecule has 2 rings (SSSR count). The van der Waals surface area contributed by atoms with Gasteiger partial charge >= 0.3 is 6.03 Å². The molecule has 0 saturated carbocycles. The summed E-state index contributed by atoms with van der Waals surface area (Å²) in [5.41, 5.74) is 1.81. The number of rotatable bonds is 7. The first-order valence-electron chi connectivity index (χ1n) is 8.13. The molecule has 2 aromatic rings. The van der Waals surface area contributed by atoms with Crippen molar-refractivity contribution in [1.82, 2.24) is 25.1 Å². The Hall–Kier alpha value is -1.79. The summed E-state index contributed by atoms with van der Waals surface area (Å²) in [6.07, 6.45) is 0.670. The molecular weight excluding hydrogens is 326 g/mol. The van der Waals surface area contributed by atoms with E-state index in [4.69, 9.17) is 11.6 Å². The van der Waals surface area contributed by atoms with E-state index in [1.165, 1.54) is 0 Å². The summed E-state index contributed by atoms with van der Waals surface area (Å²) < 4.78 is 0. The standard InChI is InChI=1S/C17H26ClN5O/c1-12(11-22(2)3)10-19-17(24)23(4)8-7-16-20-14-6-5-13(18)9-15(14)21-16/h5-6,9,12H,7-8,10-11H2,1-4H3,(H,19,24)(H,20,21). The van der Waals surface area contributed by atoms with Gasteiger partial charge in [0.2, 0.25) is 0 Å². The number of carbonyl (C=O) groups excluding carboxylic acids is 1. The maximum atomic E-state index is 12.1. The molecule has 7 heteroatoms. The maximum Gasteiger partial charge on any atom is 0.317 e. The lowest BCUT2D eigenvalue weighted by molar-refractivity contribution is 0.206. The molecule has 0 aliphatic heterocycles. The van der Waals surface area contributed by atoms with E-state index >= 15 is 0 Å². The number of carbonyl (C=O) groups is 1. The SMILES string of the molecule is CC(CNC(=O)N(C)CCc1nc2ccc(Cl)cc2[nH]1)CN(C)C. The second-order valence-electron chi connectivity index (χ2n) is 6.57. The Kier molecular flexibility index (Phi) is 6.45. The second-order valence-corrected chi connectivity index (χ2v) is 7.01. The number of hydrogen-bond acceptors (Lipinski definition) is 3. The Morgan fingerprint density at radius 1 is 1.38 bits per heavy atom. The Labute approximate surface area is 148 Å². The number of nitrogens with one attached hydrogen (secondary N) is 2. The normalized spacial score (nSPS) is 12.6. The minimum absolute atomic E-state index is 0.0558. The third kappa shape index (κ3) is 5.39. The lowest BCUT2D eigenvalue weighted by atomic mass is 10.2. The van der Waals surface area contributed by atoms with Crippen LogP contribution in [-0.2, 0) is 6.42 Å². The lowest BCUT2D eigenvalue weighted by Gasteiger charge is -2.21. The smallest absolute Gasteiger partial charge is 0.317 e. The summed E-state index contributed by atoms with van der Waals surface area (Å²) in [4.78, 5) is 23.7. The number of likely N-dealkylation sites (N-methyl/N-ethyl adjacent to an activating group) is 1. The number of fused-ring (bicyclic) bond motifs is 1. The molecule has 24 heavy (non-hydrogen) atoms. The van der Waals surface area contributed by atoms with Crippen LogP contribution in [0.15, 0.2) is 18.2 Å². The van der Waals surface area contributed by atoms with Crippen molar-refractivity contribution in [2.24, 2.45) is 5.92 Å². The van der Waals surface area contributed by atoms with E-state index in [2.05, 4.69) is 27.1 Å². The molecule has 132 valence electrons. The molecule has 1 unspecified atom stereocenters. The highest BCUT2D eigenvalue weighted by atomic mass is 35.5. The van der Waals surface area contributed by atoms with Gasteiger partial charge in [-0.25, -0.2) is 9.78 Å². The van der Waals surface area contributed by atoms with Crippen LogP contribution in [0.3, 0.4) is 0 Å². The van der Waals surface area contributed by atoms with Crippen molar-refractivity contribution in [1.29, 1.82) is 0 Å². The zero-order valence-corrected chi connectivity index (χ0v) is 15.5. The number of amides is 2. The van der Waals surface area contributed by atoms with Gasteiger partial charge in [0.25, 0.3) is 0 Å². The fourth-order valence-electron chi connectivity index (χ4n) is 2.61. The van der Waals surface area contributed by atoms with E-state index in [0.29, 0.717) is 30.5 Å². The first-order chi connectivity index (χ1) is 11.3. The van der Waals surface area contributed by atoms with Crippen LogP contribution in [0.5, 0.6) is 0 Å². The number of imidazole rings is 1. The van der Waals surface area contributed by atoms with Crippen molar-refractivity contribution in [3.8, 4) is 0 Å². The molecule has 0 bridgehead atoms. The summed E-state index contributed by atoms with van der Waals surface area (Å²) in [5, 5.41) is 3.65. The lowest BCUT2D eigenvalue weighted by Crippen LogP contribution is -2.41. The van der Waals surface area contributed by atoms with Crippen molar-refractivity contribution in [3.05, 3.63) is 29.0 Å². The van der Waals surface area contributed by atoms with Crippen LogP contribution < -0.4 is 5.32 Å². The zero-order valence-electron chi connectivity index (χ0n) is 14.8. The first-order valence-corrected chi connectivity index (χ1v) is 8.50. The van der Waals surface area contributed by atoms with E-state index in [0.717, 1.165) is 23.4 Å². The average Bonchev–Trinajstić information content (AvgIpc) is 2.91. The van der Waals surface area contributed by atoms with Gasteiger partial charge in [0, 0.05) is 38.1 Å². The van der Waals surface area contributed by atoms with Gasteiger partial charge < -0.3 is 20.1 Å². The van der Waals surface area contributed by atoms with Crippen LogP contribution in [0, 0.1) is 5.92 Å². The van der Waals surface area contributed by atoms with Gasteiger partial charge in [-0.2, -0.15) is 0 Å². The summed E-state index contributed by atoms with van der Waals surface area (Å²) in [6, 6.07) is 5.51. The molecule has 2 amide bonds. The molecule has 1 heterocycles. The van der Waals surface area contributed by atoms with Crippen LogP contribution in [0.2, 0.25) is 5.02 Å². The summed E-state index contributed by atoms with van der Waals surface area (Å²) in [5.74, 6) is 1.27. The average molecular weight is 352 g/mol. The van der Waals surface area contributed by atoms with E-state index in [1.807, 2.05) is 32.3 Å². The second kappa shape index (κ2) is 8.35. The van der Waals surface area contributed by atoms with E-state index < -0.39 is 0 Å². The third-order valence-electron chi connectivity index (χ3n) is 3.80. The van der Waals surface area contributed by atoms with E-state index in [1.54, 1.807) is 11.9 Å². The van der Waals surface area contributed by atoms with Gasteiger partial charge in [0.1, 0.15) is 5.82 Å². The number of aromatic amines is 1. The topological polar surface area (TPSA) is 64.3 Å². The van der Waals surface area contributed by atoms with Crippen molar-refractivity contribution < 1.29 is 4.79 Å². The Balaban J connectivity index is 1.80. The van der Waals surface area contributed by atoms with E-state index in [-0.39, 0.29) is 6.03 Å². The van der Waals surface area contributed by atoms with Crippen LogP contribution in [0.25, 0.3) is 11.0 Å². The number of H-pyrrole nitrogens is 1. The van der Waals surface area contributed by atoms with Gasteiger partial charge in [-0.05, 0) is 38.2 Å². The minimum Gasteiger partial charge on any atom is -0.342 e. The molecule has 1 aromatic carbocycles. The predicted molar refractivity (Wildman–Crippen MR) is 98.6 cm³/mol. The Morgan fingerprint density at radius 3 is 2.83 bits per heavy atom. The fraction of sp³-hybridized carbons (Fsp3) is 0.529. The van der Waals surface area contributed by atoms with Gasteiger partial charge in [-0.15, -0.1) is 0 Å². The predicted octanol–water partition coefficient (Wildman–Crippen LogP) is 2.60. The number of urea groups is 1. The van der Waals surface area contributed by atoms with Crippen molar-refractivity contribution in [2.75, 3.05) is 40.8 Å².